The van der Waals surface area contributed by atoms with Gasteiger partial charge in [-0.1, -0.05) is 12.1 Å². The maximum Gasteiger partial charge on any atom is 0.0499 e. The monoisotopic (exact) mass is 253 g/mol. The van der Waals surface area contributed by atoms with Crippen LogP contribution >= 0.6 is 0 Å². The van der Waals surface area contributed by atoms with Crippen molar-refractivity contribution in [1.82, 2.24) is 10.3 Å². The molecular weight excluding hydrogens is 234 g/mol. The molecule has 2 bridgehead atoms. The third kappa shape index (κ3) is 1.89. The van der Waals surface area contributed by atoms with Crippen LogP contribution in [0.3, 0.4) is 0 Å². The van der Waals surface area contributed by atoms with Gasteiger partial charge in [-0.3, -0.25) is 4.98 Å². The summed E-state index contributed by atoms with van der Waals surface area (Å²) in [4.78, 5) is 4.21. The molecule has 0 spiro atoms. The lowest BCUT2D eigenvalue weighted by Crippen LogP contribution is -2.59. The first-order valence-corrected chi connectivity index (χ1v) is 7.19. The molecule has 0 unspecified atom stereocenters. The van der Waals surface area contributed by atoms with Gasteiger partial charge in [0.2, 0.25) is 0 Å². The van der Waals surface area contributed by atoms with Crippen molar-refractivity contribution in [2.24, 2.45) is 0 Å². The normalized spacial score (nSPS) is 29.6. The highest BCUT2D eigenvalue weighted by atomic mass is 15.1. The molecule has 98 valence electrons. The molecule has 1 aliphatic carbocycles. The van der Waals surface area contributed by atoms with Crippen molar-refractivity contribution in [3.63, 3.8) is 0 Å². The molecule has 1 saturated carbocycles. The van der Waals surface area contributed by atoms with Crippen LogP contribution in [0.2, 0.25) is 0 Å². The molecule has 5 rings (SSSR count). The maximum atomic E-state index is 4.21. The molecule has 2 saturated heterocycles. The summed E-state index contributed by atoms with van der Waals surface area (Å²) in [6.07, 6.45) is 8.99. The van der Waals surface area contributed by atoms with Gasteiger partial charge in [0, 0.05) is 47.0 Å². The summed E-state index contributed by atoms with van der Waals surface area (Å²) in [6, 6.07) is 9.31. The van der Waals surface area contributed by atoms with E-state index in [4.69, 9.17) is 0 Å². The molecule has 3 heterocycles. The zero-order chi connectivity index (χ0) is 12.7. The molecule has 3 aliphatic rings. The van der Waals surface area contributed by atoms with Gasteiger partial charge < -0.3 is 10.6 Å². The maximum absolute atomic E-state index is 4.21. The number of nitrogens with one attached hydrogen (secondary N) is 2. The summed E-state index contributed by atoms with van der Waals surface area (Å²) in [7, 11) is 0. The Morgan fingerprint density at radius 2 is 2.11 bits per heavy atom. The molecular formula is C16H19N3. The predicted octanol–water partition coefficient (Wildman–Crippen LogP) is 2.93. The summed E-state index contributed by atoms with van der Waals surface area (Å²) < 4.78 is 0. The Labute approximate surface area is 113 Å². The van der Waals surface area contributed by atoms with Crippen LogP contribution in [0.5, 0.6) is 0 Å². The highest BCUT2D eigenvalue weighted by Crippen LogP contribution is 2.37. The highest BCUT2D eigenvalue weighted by Gasteiger charge is 2.40. The molecule has 1 aromatic carbocycles. The van der Waals surface area contributed by atoms with Crippen LogP contribution < -0.4 is 10.6 Å². The second kappa shape index (κ2) is 4.20. The second-order valence-electron chi connectivity index (χ2n) is 5.96. The third-order valence-electron chi connectivity index (χ3n) is 4.75. The smallest absolute Gasteiger partial charge is 0.0499 e. The van der Waals surface area contributed by atoms with E-state index >= 15 is 0 Å². The third-order valence-corrected chi connectivity index (χ3v) is 4.75. The SMILES string of the molecule is c1cc(NC23CCC(CC2)NC3)c2ccncc2c1. The number of benzene rings is 1. The number of pyridine rings is 1. The number of hydrogen-bond acceptors (Lipinski definition) is 3. The van der Waals surface area contributed by atoms with Gasteiger partial charge in [-0.15, -0.1) is 0 Å². The molecule has 2 aromatic rings. The molecule has 3 heteroatoms. The highest BCUT2D eigenvalue weighted by molar-refractivity contribution is 5.93. The number of aromatic nitrogens is 1. The van der Waals surface area contributed by atoms with E-state index in [1.54, 1.807) is 0 Å². The summed E-state index contributed by atoms with van der Waals surface area (Å²) >= 11 is 0. The van der Waals surface area contributed by atoms with Gasteiger partial charge in [0.1, 0.15) is 0 Å². The van der Waals surface area contributed by atoms with Crippen molar-refractivity contribution in [3.8, 4) is 0 Å². The van der Waals surface area contributed by atoms with Gasteiger partial charge in [-0.05, 0) is 37.8 Å². The van der Waals surface area contributed by atoms with Gasteiger partial charge in [-0.25, -0.2) is 0 Å². The van der Waals surface area contributed by atoms with Crippen LogP contribution in [-0.2, 0) is 0 Å². The van der Waals surface area contributed by atoms with E-state index in [0.29, 0.717) is 0 Å². The lowest BCUT2D eigenvalue weighted by atomic mass is 9.75. The Morgan fingerprint density at radius 1 is 1.21 bits per heavy atom. The summed E-state index contributed by atoms with van der Waals surface area (Å²) in [5.41, 5.74) is 1.51. The number of anilines is 1. The predicted molar refractivity (Wildman–Crippen MR) is 78.4 cm³/mol. The van der Waals surface area contributed by atoms with Crippen molar-refractivity contribution in [1.29, 1.82) is 0 Å². The lowest BCUT2D eigenvalue weighted by Gasteiger charge is -2.48. The van der Waals surface area contributed by atoms with Crippen LogP contribution in [0, 0.1) is 0 Å². The van der Waals surface area contributed by atoms with Crippen LogP contribution in [0.1, 0.15) is 25.7 Å². The number of rotatable bonds is 2. The fourth-order valence-electron chi connectivity index (χ4n) is 3.58. The van der Waals surface area contributed by atoms with Gasteiger partial charge in [0.25, 0.3) is 0 Å². The largest absolute Gasteiger partial charge is 0.378 e. The zero-order valence-electron chi connectivity index (χ0n) is 11.0. The van der Waals surface area contributed by atoms with E-state index in [0.717, 1.165) is 12.6 Å². The molecule has 0 atom stereocenters. The van der Waals surface area contributed by atoms with E-state index in [-0.39, 0.29) is 5.54 Å². The minimum Gasteiger partial charge on any atom is -0.378 e. The van der Waals surface area contributed by atoms with Gasteiger partial charge in [-0.2, -0.15) is 0 Å². The Morgan fingerprint density at radius 3 is 2.89 bits per heavy atom. The minimum atomic E-state index is 0.256. The zero-order valence-corrected chi connectivity index (χ0v) is 11.0. The molecule has 1 aromatic heterocycles. The molecule has 2 aliphatic heterocycles. The Kier molecular flexibility index (Phi) is 2.49. The van der Waals surface area contributed by atoms with Crippen LogP contribution in [0.4, 0.5) is 5.69 Å². The fraction of sp³-hybridized carbons (Fsp3) is 0.438. The van der Waals surface area contributed by atoms with Crippen molar-refractivity contribution < 1.29 is 0 Å². The van der Waals surface area contributed by atoms with Gasteiger partial charge >= 0.3 is 0 Å². The molecule has 0 amide bonds. The van der Waals surface area contributed by atoms with Gasteiger partial charge in [0.15, 0.2) is 0 Å². The average Bonchev–Trinajstić information content (AvgIpc) is 2.49. The van der Waals surface area contributed by atoms with Crippen molar-refractivity contribution in [2.45, 2.75) is 37.3 Å². The quantitative estimate of drug-likeness (QED) is 0.864. The molecule has 0 radical (unpaired) electrons. The molecule has 2 N–H and O–H groups in total. The lowest BCUT2D eigenvalue weighted by molar-refractivity contribution is 0.194. The molecule has 3 fully saturated rings. The standard InChI is InChI=1S/C16H19N3/c1-2-12-10-17-9-6-14(12)15(3-1)19-16-7-4-13(5-8-16)18-11-16/h1-3,6,9-10,13,18-19H,4-5,7-8,11H2. The van der Waals surface area contributed by atoms with E-state index < -0.39 is 0 Å². The van der Waals surface area contributed by atoms with Crippen LogP contribution in [-0.4, -0.2) is 23.1 Å². The number of hydrogen-bond donors (Lipinski definition) is 2. The van der Waals surface area contributed by atoms with Crippen LogP contribution in [0.25, 0.3) is 10.8 Å². The van der Waals surface area contributed by atoms with E-state index in [9.17, 15) is 0 Å². The molecule has 19 heavy (non-hydrogen) atoms. The first-order valence-electron chi connectivity index (χ1n) is 7.19. The van der Waals surface area contributed by atoms with Gasteiger partial charge in [0.05, 0.1) is 0 Å². The summed E-state index contributed by atoms with van der Waals surface area (Å²) in [6.45, 7) is 1.10. The Balaban J connectivity index is 1.71. The van der Waals surface area contributed by atoms with E-state index in [2.05, 4.69) is 39.9 Å². The summed E-state index contributed by atoms with van der Waals surface area (Å²) in [5, 5.41) is 9.97. The Hall–Kier alpha value is -1.61. The van der Waals surface area contributed by atoms with Crippen molar-refractivity contribution in [3.05, 3.63) is 36.7 Å². The number of nitrogens with zero attached hydrogens (tertiary/aromatic N) is 1. The number of piperidine rings is 2. The first kappa shape index (κ1) is 11.2. The topological polar surface area (TPSA) is 37.0 Å². The minimum absolute atomic E-state index is 0.256. The van der Waals surface area contributed by atoms with E-state index in [1.165, 1.54) is 42.1 Å². The Bertz CT molecular complexity index is 581. The van der Waals surface area contributed by atoms with Crippen LogP contribution in [0.15, 0.2) is 36.7 Å². The average molecular weight is 253 g/mol. The summed E-state index contributed by atoms with van der Waals surface area (Å²) in [5.74, 6) is 0. The number of fused-ring (bicyclic) bond motifs is 4. The van der Waals surface area contributed by atoms with E-state index in [1.807, 2.05) is 12.4 Å². The fourth-order valence-corrected chi connectivity index (χ4v) is 3.58. The van der Waals surface area contributed by atoms with Crippen molar-refractivity contribution in [2.75, 3.05) is 11.9 Å². The molecule has 3 nitrogen and oxygen atoms in total. The first-order chi connectivity index (χ1) is 9.35. The van der Waals surface area contributed by atoms with Crippen molar-refractivity contribution >= 4 is 16.5 Å². The second-order valence-corrected chi connectivity index (χ2v) is 5.96.